The van der Waals surface area contributed by atoms with Gasteiger partial charge in [-0.1, -0.05) is 0 Å². The fourth-order valence-electron chi connectivity index (χ4n) is 1.79. The van der Waals surface area contributed by atoms with Crippen LogP contribution in [0, 0.1) is 5.41 Å². The van der Waals surface area contributed by atoms with E-state index in [9.17, 15) is 14.4 Å². The molecule has 0 unspecified atom stereocenters. The van der Waals surface area contributed by atoms with Crippen molar-refractivity contribution in [1.82, 2.24) is 0 Å². The summed E-state index contributed by atoms with van der Waals surface area (Å²) >= 11 is 0. The van der Waals surface area contributed by atoms with E-state index < -0.39 is 23.3 Å². The number of carbonyl (C=O) groups excluding carboxylic acids is 3. The molecule has 0 heterocycles. The molecule has 0 fully saturated rings. The Morgan fingerprint density at radius 1 is 1.00 bits per heavy atom. The van der Waals surface area contributed by atoms with Gasteiger partial charge in [-0.3, -0.25) is 9.59 Å². The van der Waals surface area contributed by atoms with Gasteiger partial charge in [0.2, 0.25) is 0 Å². The van der Waals surface area contributed by atoms with E-state index in [1.54, 1.807) is 20.8 Å². The molecule has 1 rings (SSSR count). The first-order chi connectivity index (χ1) is 9.01. The van der Waals surface area contributed by atoms with Crippen LogP contribution in [0.2, 0.25) is 0 Å². The summed E-state index contributed by atoms with van der Waals surface area (Å²) in [6.07, 6.45) is 1.24. The maximum atomic E-state index is 11.9. The Morgan fingerprint density at radius 3 is 1.79 bits per heavy atom. The van der Waals surface area contributed by atoms with Crippen molar-refractivity contribution in [2.24, 2.45) is 5.41 Å². The molecule has 0 bridgehead atoms. The molecule has 6 heteroatoms. The van der Waals surface area contributed by atoms with Gasteiger partial charge in [-0.25, -0.2) is 4.79 Å². The number of carbonyl (C=O) groups is 3. The minimum atomic E-state index is -1.49. The number of ether oxygens (including phenoxy) is 3. The lowest BCUT2D eigenvalue weighted by Crippen LogP contribution is -2.47. The highest BCUT2D eigenvalue weighted by atomic mass is 16.6. The zero-order valence-corrected chi connectivity index (χ0v) is 11.4. The van der Waals surface area contributed by atoms with Crippen LogP contribution >= 0.6 is 0 Å². The lowest BCUT2D eigenvalue weighted by molar-refractivity contribution is -0.169. The standard InChI is InChI=1S/C13H18O6/c1-4-17-10(14)9-7-13(8-9,11(15)18-5-2)12(16)19-6-3/h7H,4-6,8H2,1-3H3. The van der Waals surface area contributed by atoms with Gasteiger partial charge in [0.15, 0.2) is 5.41 Å². The molecule has 1 aliphatic rings. The predicted octanol–water partition coefficient (Wildman–Crippen LogP) is 0.992. The number of esters is 3. The monoisotopic (exact) mass is 270 g/mol. The molecule has 0 aromatic rings. The summed E-state index contributed by atoms with van der Waals surface area (Å²) in [6.45, 7) is 5.52. The fraction of sp³-hybridized carbons (Fsp3) is 0.615. The van der Waals surface area contributed by atoms with Crippen LogP contribution in [0.15, 0.2) is 11.6 Å². The average Bonchev–Trinajstić information content (AvgIpc) is 2.28. The SMILES string of the molecule is CCOC(=O)C1=CC(C(=O)OCC)(C(=O)OCC)C1. The Morgan fingerprint density at radius 2 is 1.42 bits per heavy atom. The lowest BCUT2D eigenvalue weighted by Gasteiger charge is -2.33. The Bertz CT molecular complexity index is 391. The maximum Gasteiger partial charge on any atom is 0.333 e. The fourth-order valence-corrected chi connectivity index (χ4v) is 1.79. The van der Waals surface area contributed by atoms with Crippen LogP contribution in [-0.2, 0) is 28.6 Å². The smallest absolute Gasteiger partial charge is 0.333 e. The first-order valence-corrected chi connectivity index (χ1v) is 6.25. The van der Waals surface area contributed by atoms with Crippen molar-refractivity contribution in [3.63, 3.8) is 0 Å². The molecule has 1 aliphatic carbocycles. The van der Waals surface area contributed by atoms with Gasteiger partial charge in [-0.05, 0) is 26.8 Å². The lowest BCUT2D eigenvalue weighted by atomic mass is 9.71. The van der Waals surface area contributed by atoms with E-state index in [0.29, 0.717) is 5.57 Å². The molecule has 19 heavy (non-hydrogen) atoms. The van der Waals surface area contributed by atoms with Gasteiger partial charge in [0.1, 0.15) is 0 Å². The van der Waals surface area contributed by atoms with Crippen molar-refractivity contribution >= 4 is 17.9 Å². The van der Waals surface area contributed by atoms with Crippen molar-refractivity contribution in [2.75, 3.05) is 19.8 Å². The Kier molecular flexibility index (Phi) is 5.09. The summed E-state index contributed by atoms with van der Waals surface area (Å²) in [5.74, 6) is -1.91. The van der Waals surface area contributed by atoms with Gasteiger partial charge in [-0.15, -0.1) is 0 Å². The van der Waals surface area contributed by atoms with Crippen molar-refractivity contribution in [1.29, 1.82) is 0 Å². The zero-order chi connectivity index (χ0) is 14.5. The second kappa shape index (κ2) is 6.36. The molecule has 0 N–H and O–H groups in total. The summed E-state index contributed by atoms with van der Waals surface area (Å²) in [5, 5.41) is 0. The summed E-state index contributed by atoms with van der Waals surface area (Å²) in [6, 6.07) is 0. The van der Waals surface area contributed by atoms with Crippen molar-refractivity contribution in [3.05, 3.63) is 11.6 Å². The molecule has 0 amide bonds. The molecular weight excluding hydrogens is 252 g/mol. The third-order valence-electron chi connectivity index (χ3n) is 2.71. The van der Waals surface area contributed by atoms with Crippen molar-refractivity contribution < 1.29 is 28.6 Å². The molecule has 0 aromatic heterocycles. The molecule has 106 valence electrons. The van der Waals surface area contributed by atoms with Gasteiger partial charge in [0.25, 0.3) is 0 Å². The number of hydrogen-bond acceptors (Lipinski definition) is 6. The van der Waals surface area contributed by atoms with E-state index in [1.807, 2.05) is 0 Å². The second-order valence-electron chi connectivity index (χ2n) is 3.98. The first kappa shape index (κ1) is 15.2. The van der Waals surface area contributed by atoms with Gasteiger partial charge in [-0.2, -0.15) is 0 Å². The Hall–Kier alpha value is -1.85. The minimum absolute atomic E-state index is 0.0382. The van der Waals surface area contributed by atoms with Crippen LogP contribution in [0.4, 0.5) is 0 Å². The molecular formula is C13H18O6. The largest absolute Gasteiger partial charge is 0.465 e. The molecule has 0 atom stereocenters. The predicted molar refractivity (Wildman–Crippen MR) is 65.0 cm³/mol. The molecule has 0 radical (unpaired) electrons. The van der Waals surface area contributed by atoms with E-state index in [1.165, 1.54) is 6.08 Å². The molecule has 0 saturated carbocycles. The second-order valence-corrected chi connectivity index (χ2v) is 3.98. The molecule has 0 saturated heterocycles. The highest BCUT2D eigenvalue weighted by Crippen LogP contribution is 2.42. The van der Waals surface area contributed by atoms with E-state index in [4.69, 9.17) is 14.2 Å². The molecule has 0 spiro atoms. The van der Waals surface area contributed by atoms with E-state index in [0.717, 1.165) is 0 Å². The van der Waals surface area contributed by atoms with E-state index >= 15 is 0 Å². The Labute approximate surface area is 111 Å². The summed E-state index contributed by atoms with van der Waals surface area (Å²) in [5.41, 5.74) is -1.20. The quantitative estimate of drug-likeness (QED) is 0.407. The van der Waals surface area contributed by atoms with Gasteiger partial charge < -0.3 is 14.2 Å². The highest BCUT2D eigenvalue weighted by Gasteiger charge is 2.55. The van der Waals surface area contributed by atoms with Crippen LogP contribution in [-0.4, -0.2) is 37.7 Å². The highest BCUT2D eigenvalue weighted by molar-refractivity contribution is 6.08. The Balaban J connectivity index is 2.91. The number of rotatable bonds is 6. The van der Waals surface area contributed by atoms with Gasteiger partial charge in [0, 0.05) is 12.0 Å². The maximum absolute atomic E-state index is 11.9. The van der Waals surface area contributed by atoms with E-state index in [2.05, 4.69) is 0 Å². The zero-order valence-electron chi connectivity index (χ0n) is 11.4. The van der Waals surface area contributed by atoms with E-state index in [-0.39, 0.29) is 26.2 Å². The van der Waals surface area contributed by atoms with Crippen LogP contribution < -0.4 is 0 Å². The first-order valence-electron chi connectivity index (χ1n) is 6.25. The minimum Gasteiger partial charge on any atom is -0.465 e. The topological polar surface area (TPSA) is 78.9 Å². The van der Waals surface area contributed by atoms with Crippen LogP contribution in [0.25, 0.3) is 0 Å². The normalized spacial score (nSPS) is 15.8. The van der Waals surface area contributed by atoms with Crippen LogP contribution in [0.3, 0.4) is 0 Å². The average molecular weight is 270 g/mol. The summed E-state index contributed by atoms with van der Waals surface area (Å²) in [7, 11) is 0. The third-order valence-corrected chi connectivity index (χ3v) is 2.71. The van der Waals surface area contributed by atoms with Crippen LogP contribution in [0.5, 0.6) is 0 Å². The van der Waals surface area contributed by atoms with Gasteiger partial charge >= 0.3 is 17.9 Å². The van der Waals surface area contributed by atoms with Crippen molar-refractivity contribution in [2.45, 2.75) is 27.2 Å². The van der Waals surface area contributed by atoms with Gasteiger partial charge in [0.05, 0.1) is 19.8 Å². The summed E-state index contributed by atoms with van der Waals surface area (Å²) in [4.78, 5) is 35.2. The number of hydrogen-bond donors (Lipinski definition) is 0. The molecule has 0 aliphatic heterocycles. The van der Waals surface area contributed by atoms with Crippen LogP contribution in [0.1, 0.15) is 27.2 Å². The third kappa shape index (κ3) is 2.94. The summed E-state index contributed by atoms with van der Waals surface area (Å²) < 4.78 is 14.5. The molecule has 6 nitrogen and oxygen atoms in total. The molecule has 0 aromatic carbocycles. The van der Waals surface area contributed by atoms with Crippen molar-refractivity contribution in [3.8, 4) is 0 Å².